The van der Waals surface area contributed by atoms with E-state index in [1.54, 1.807) is 38.1 Å². The molecule has 0 aromatic heterocycles. The van der Waals surface area contributed by atoms with Gasteiger partial charge in [-0.1, -0.05) is 68.8 Å². The Morgan fingerprint density at radius 3 is 2.35 bits per heavy atom. The first-order valence-electron chi connectivity index (χ1n) is 23.4. The summed E-state index contributed by atoms with van der Waals surface area (Å²) in [5.74, 6) is -1.86. The number of aliphatic hydroxyl groups is 2. The number of nitrogens with zero attached hydrogens (tertiary/aromatic N) is 1. The fourth-order valence-corrected chi connectivity index (χ4v) is 8.94. The second-order valence-corrected chi connectivity index (χ2v) is 19.0. The summed E-state index contributed by atoms with van der Waals surface area (Å²) in [5, 5.41) is 26.7. The molecule has 8 N–H and O–H groups in total. The third-order valence-electron chi connectivity index (χ3n) is 13.2. The number of amides is 4. The monoisotopic (exact) mass is 908 g/mol. The lowest BCUT2D eigenvalue weighted by Gasteiger charge is -2.39. The minimum atomic E-state index is -0.950. The summed E-state index contributed by atoms with van der Waals surface area (Å²) in [6.45, 7) is 13.2. The fraction of sp³-hybridized carbons (Fsp3) is 0.653. The summed E-state index contributed by atoms with van der Waals surface area (Å²) in [5.41, 5.74) is 13.2. The van der Waals surface area contributed by atoms with Crippen molar-refractivity contribution in [2.24, 2.45) is 23.3 Å². The molecule has 1 saturated carbocycles. The Morgan fingerprint density at radius 2 is 1.71 bits per heavy atom. The molecule has 4 aliphatic rings. The number of nitrogens with one attached hydrogen (secondary N) is 2. The summed E-state index contributed by atoms with van der Waals surface area (Å²) >= 11 is 0. The maximum atomic E-state index is 13.4. The van der Waals surface area contributed by atoms with E-state index in [0.29, 0.717) is 56.4 Å². The van der Waals surface area contributed by atoms with Crippen LogP contribution in [0.3, 0.4) is 0 Å². The largest absolute Gasteiger partial charge is 0.462 e. The van der Waals surface area contributed by atoms with Crippen LogP contribution in [-0.2, 0) is 49.3 Å². The number of aliphatic hydroxyl groups excluding tert-OH is 2. The van der Waals surface area contributed by atoms with Crippen molar-refractivity contribution in [3.8, 4) is 0 Å². The maximum absolute atomic E-state index is 13.4. The molecule has 65 heavy (non-hydrogen) atoms. The fourth-order valence-electron chi connectivity index (χ4n) is 8.94. The number of carbonyl (C=O) groups excluding carboxylic acids is 5. The number of nitrogens with two attached hydrogens (primary N) is 2. The number of aryl methyl sites for hydroxylation is 1. The van der Waals surface area contributed by atoms with E-state index in [1.807, 2.05) is 39.8 Å². The van der Waals surface area contributed by atoms with Crippen LogP contribution in [-0.4, -0.2) is 119 Å². The van der Waals surface area contributed by atoms with Crippen LogP contribution in [0.5, 0.6) is 0 Å². The van der Waals surface area contributed by atoms with Gasteiger partial charge in [-0.2, -0.15) is 0 Å². The number of esters is 1. The van der Waals surface area contributed by atoms with Crippen LogP contribution in [0, 0.1) is 11.8 Å². The van der Waals surface area contributed by atoms with Gasteiger partial charge >= 0.3 is 5.97 Å². The van der Waals surface area contributed by atoms with Crippen molar-refractivity contribution < 1.29 is 53.1 Å². The molecule has 5 rings (SSSR count). The van der Waals surface area contributed by atoms with Crippen molar-refractivity contribution in [1.29, 1.82) is 0 Å². The van der Waals surface area contributed by atoms with Gasteiger partial charge in [0, 0.05) is 30.6 Å². The van der Waals surface area contributed by atoms with Gasteiger partial charge in [-0.25, -0.2) is 0 Å². The molecule has 16 nitrogen and oxygen atoms in total. The van der Waals surface area contributed by atoms with Crippen LogP contribution in [0.25, 0.3) is 0 Å². The first-order chi connectivity index (χ1) is 30.8. The number of ether oxygens (including phenoxy) is 4. The van der Waals surface area contributed by atoms with E-state index in [9.17, 15) is 34.2 Å². The zero-order valence-electron chi connectivity index (χ0n) is 39.2. The number of hydrogen-bond acceptors (Lipinski definition) is 12. The normalized spacial score (nSPS) is 30.8. The molecule has 3 saturated heterocycles. The molecule has 4 fully saturated rings. The van der Waals surface area contributed by atoms with E-state index < -0.39 is 53.9 Å². The zero-order chi connectivity index (χ0) is 47.6. The van der Waals surface area contributed by atoms with Crippen LogP contribution >= 0.6 is 0 Å². The topological polar surface area (TPSA) is 245 Å². The third kappa shape index (κ3) is 14.5. The van der Waals surface area contributed by atoms with E-state index >= 15 is 0 Å². The lowest BCUT2D eigenvalue weighted by atomic mass is 9.87. The minimum absolute atomic E-state index is 0.0327. The highest BCUT2D eigenvalue weighted by Gasteiger charge is 2.58. The first kappa shape index (κ1) is 51.5. The molecule has 4 amide bonds. The van der Waals surface area contributed by atoms with Gasteiger partial charge in [-0.3, -0.25) is 28.9 Å². The third-order valence-corrected chi connectivity index (χ3v) is 13.2. The van der Waals surface area contributed by atoms with Crippen LogP contribution in [0.2, 0.25) is 0 Å². The molecule has 3 aliphatic heterocycles. The molecule has 360 valence electrons. The maximum Gasteiger partial charge on any atom is 0.306 e. The van der Waals surface area contributed by atoms with Crippen LogP contribution in [0.15, 0.2) is 60.2 Å². The lowest BCUT2D eigenvalue weighted by Crippen LogP contribution is -2.54. The summed E-state index contributed by atoms with van der Waals surface area (Å²) in [6, 6.07) is 5.07. The second-order valence-electron chi connectivity index (χ2n) is 19.0. The number of para-hydroxylation sites is 1. The highest BCUT2D eigenvalue weighted by Crippen LogP contribution is 2.43. The van der Waals surface area contributed by atoms with Gasteiger partial charge in [-0.15, -0.1) is 0 Å². The second kappa shape index (κ2) is 23.3. The van der Waals surface area contributed by atoms with Crippen LogP contribution < -0.4 is 27.0 Å². The number of benzene rings is 1. The Kier molecular flexibility index (Phi) is 18.5. The van der Waals surface area contributed by atoms with Gasteiger partial charge in [0.15, 0.2) is 0 Å². The molecule has 11 atom stereocenters. The quantitative estimate of drug-likeness (QED) is 0.0505. The van der Waals surface area contributed by atoms with Crippen molar-refractivity contribution in [3.05, 3.63) is 65.8 Å². The molecular weight excluding hydrogens is 835 g/mol. The number of allylic oxidation sites excluding steroid dienone is 2. The summed E-state index contributed by atoms with van der Waals surface area (Å²) in [6.07, 6.45) is 10.2. The van der Waals surface area contributed by atoms with E-state index in [1.165, 1.54) is 17.1 Å². The first-order valence-corrected chi connectivity index (χ1v) is 23.4. The molecule has 1 spiro atoms. The Morgan fingerprint density at radius 1 is 1.02 bits per heavy atom. The Labute approximate surface area is 383 Å². The van der Waals surface area contributed by atoms with Crippen molar-refractivity contribution in [3.63, 3.8) is 0 Å². The summed E-state index contributed by atoms with van der Waals surface area (Å²) in [7, 11) is 0. The molecule has 16 heteroatoms. The standard InChI is InChI=1S/C49H73N5O11/c1-28(2)45(50)48(61)54(32(6)47(51)60)39-11-9-8-10-34(39)15-23-44(58)65-36-18-16-35(17-19-36)52-43(57)25-37-26-49(27-62-49)46(59)41(64-37)21-13-29(3)12-20-40-30(4)24-38(33(7)63-40)53-42(56)22-14-31(5)55/h8-14,21-22,28,30-33,35-38,40-41,45-46,55,59H,15-20,23-27,50H2,1-7H3,(H2,51,60)(H,52,57)(H,53,56)/b21-13+,22-14-,29-12+/t30-,31-,32-,33+,35?,36?,37+,38+,40-,41+,45-,46+,49+/m0/s1. The molecule has 1 aromatic rings. The zero-order valence-corrected chi connectivity index (χ0v) is 39.2. The molecule has 0 bridgehead atoms. The van der Waals surface area contributed by atoms with E-state index in [0.717, 1.165) is 12.0 Å². The lowest BCUT2D eigenvalue weighted by molar-refractivity contribution is -0.151. The summed E-state index contributed by atoms with van der Waals surface area (Å²) in [4.78, 5) is 65.6. The van der Waals surface area contributed by atoms with Crippen molar-refractivity contribution in [2.75, 3.05) is 11.5 Å². The Hall–Kier alpha value is -4.45. The average Bonchev–Trinajstić information content (AvgIpc) is 4.03. The number of anilines is 1. The van der Waals surface area contributed by atoms with E-state index in [-0.39, 0.29) is 79.3 Å². The summed E-state index contributed by atoms with van der Waals surface area (Å²) < 4.78 is 24.2. The van der Waals surface area contributed by atoms with Crippen molar-refractivity contribution in [2.45, 2.75) is 185 Å². The van der Waals surface area contributed by atoms with E-state index in [2.05, 4.69) is 23.6 Å². The van der Waals surface area contributed by atoms with Crippen molar-refractivity contribution in [1.82, 2.24) is 10.6 Å². The average molecular weight is 908 g/mol. The van der Waals surface area contributed by atoms with Gasteiger partial charge in [0.05, 0.1) is 49.5 Å². The molecule has 1 aromatic carbocycles. The molecular formula is C49H73N5O11. The van der Waals surface area contributed by atoms with Crippen LogP contribution in [0.1, 0.15) is 112 Å². The van der Waals surface area contributed by atoms with Gasteiger partial charge in [-0.05, 0) is 96.1 Å². The smallest absolute Gasteiger partial charge is 0.306 e. The predicted molar refractivity (Wildman–Crippen MR) is 245 cm³/mol. The Balaban J connectivity index is 1.05. The van der Waals surface area contributed by atoms with Gasteiger partial charge in [0.1, 0.15) is 30.0 Å². The minimum Gasteiger partial charge on any atom is -0.462 e. The number of hydrogen-bond donors (Lipinski definition) is 6. The number of epoxide rings is 1. The number of rotatable bonds is 19. The number of carbonyl (C=O) groups is 5. The molecule has 1 aliphatic carbocycles. The number of primary amides is 1. The van der Waals surface area contributed by atoms with Crippen molar-refractivity contribution >= 4 is 35.3 Å². The van der Waals surface area contributed by atoms with Gasteiger partial charge in [0.2, 0.25) is 23.6 Å². The highest BCUT2D eigenvalue weighted by atomic mass is 16.6. The van der Waals surface area contributed by atoms with E-state index in [4.69, 9.17) is 30.4 Å². The highest BCUT2D eigenvalue weighted by molar-refractivity contribution is 6.03. The molecule has 3 heterocycles. The molecule has 0 unspecified atom stereocenters. The van der Waals surface area contributed by atoms with Crippen LogP contribution in [0.4, 0.5) is 5.69 Å². The van der Waals surface area contributed by atoms with Gasteiger partial charge < -0.3 is 51.3 Å². The SMILES string of the molecule is CC(/C=C/[C@H]1O[C@H](CC(=O)NC2CCC(OC(=O)CCc3ccccc3N(C(=O)[C@@H](N)C(C)C)[C@@H](C)C(N)=O)CC2)C[C@@]2(CO2)[C@@H]1O)=C\C[C@@H]1O[C@H](C)[C@H](NC(=O)/C=C\[C@H](C)O)C[C@@H]1C. The predicted octanol–water partition coefficient (Wildman–Crippen LogP) is 3.59. The molecule has 0 radical (unpaired) electrons. The van der Waals surface area contributed by atoms with Gasteiger partial charge in [0.25, 0.3) is 0 Å². The Bertz CT molecular complexity index is 1910.